The molecule has 0 radical (unpaired) electrons. The molecule has 10 nitrogen and oxygen atoms in total. The van der Waals surface area contributed by atoms with Gasteiger partial charge in [-0.3, -0.25) is 24.9 Å². The molecular formula is C33H39N3O7. The number of anilines is 1. The van der Waals surface area contributed by atoms with Crippen molar-refractivity contribution in [2.75, 3.05) is 45.2 Å². The summed E-state index contributed by atoms with van der Waals surface area (Å²) >= 11 is 0. The molecule has 228 valence electrons. The molecule has 0 unspecified atom stereocenters. The van der Waals surface area contributed by atoms with E-state index in [4.69, 9.17) is 18.9 Å². The number of carboxylic acids is 1. The van der Waals surface area contributed by atoms with Gasteiger partial charge in [0.2, 0.25) is 6.79 Å². The number of hydrogen-bond donors (Lipinski definition) is 2. The molecule has 0 spiro atoms. The topological polar surface area (TPSA) is 110 Å². The van der Waals surface area contributed by atoms with Gasteiger partial charge in [-0.2, -0.15) is 0 Å². The van der Waals surface area contributed by atoms with Crippen LogP contribution in [0.2, 0.25) is 0 Å². The van der Waals surface area contributed by atoms with Gasteiger partial charge in [0, 0.05) is 31.2 Å². The molecule has 2 aliphatic rings. The van der Waals surface area contributed by atoms with Crippen LogP contribution in [0.1, 0.15) is 43.9 Å². The van der Waals surface area contributed by atoms with E-state index in [9.17, 15) is 14.7 Å². The minimum Gasteiger partial charge on any atom is -0.491 e. The molecular weight excluding hydrogens is 550 g/mol. The van der Waals surface area contributed by atoms with Crippen LogP contribution in [0.15, 0.2) is 72.8 Å². The third-order valence-electron chi connectivity index (χ3n) is 7.76. The zero-order valence-electron chi connectivity index (χ0n) is 25.0. The number of hydrogen-bond acceptors (Lipinski definition) is 8. The van der Waals surface area contributed by atoms with Crippen molar-refractivity contribution in [1.29, 1.82) is 0 Å². The van der Waals surface area contributed by atoms with Crippen LogP contribution in [0.4, 0.5) is 5.69 Å². The summed E-state index contributed by atoms with van der Waals surface area (Å²) in [5.74, 6) is -0.679. The van der Waals surface area contributed by atoms with E-state index >= 15 is 0 Å². The van der Waals surface area contributed by atoms with Gasteiger partial charge in [0.25, 0.3) is 5.91 Å². The van der Waals surface area contributed by atoms with Crippen molar-refractivity contribution in [2.45, 2.75) is 38.3 Å². The average molecular weight is 590 g/mol. The Hall–Kier alpha value is -4.28. The highest BCUT2D eigenvalue weighted by Crippen LogP contribution is 2.50. The quantitative estimate of drug-likeness (QED) is 0.245. The number of nitrogens with one attached hydrogen (secondary N) is 1. The number of fused-ring (bicyclic) bond motifs is 1. The number of benzene rings is 3. The van der Waals surface area contributed by atoms with Crippen LogP contribution in [0.3, 0.4) is 0 Å². The fourth-order valence-electron chi connectivity index (χ4n) is 5.90. The molecule has 3 aromatic carbocycles. The van der Waals surface area contributed by atoms with Crippen molar-refractivity contribution in [3.63, 3.8) is 0 Å². The molecule has 0 aliphatic carbocycles. The second-order valence-electron chi connectivity index (χ2n) is 11.7. The lowest BCUT2D eigenvalue weighted by atomic mass is 9.82. The van der Waals surface area contributed by atoms with Crippen LogP contribution in [-0.2, 0) is 14.3 Å². The van der Waals surface area contributed by atoms with Gasteiger partial charge in [-0.25, -0.2) is 0 Å². The summed E-state index contributed by atoms with van der Waals surface area (Å²) in [6.45, 7) is 7.32. The number of para-hydroxylation sites is 2. The molecule has 5 rings (SSSR count). The smallest absolute Gasteiger partial charge is 0.309 e. The van der Waals surface area contributed by atoms with Gasteiger partial charge < -0.3 is 24.1 Å². The fraction of sp³-hybridized carbons (Fsp3) is 0.394. The summed E-state index contributed by atoms with van der Waals surface area (Å²) in [4.78, 5) is 28.6. The molecule has 1 fully saturated rings. The molecule has 2 N–H and O–H groups in total. The summed E-state index contributed by atoms with van der Waals surface area (Å²) < 4.78 is 22.2. The van der Waals surface area contributed by atoms with E-state index in [0.29, 0.717) is 37.0 Å². The Balaban J connectivity index is 1.47. The molecule has 2 heterocycles. The Kier molecular flexibility index (Phi) is 9.08. The van der Waals surface area contributed by atoms with E-state index in [-0.39, 0.29) is 19.2 Å². The molecule has 10 heteroatoms. The van der Waals surface area contributed by atoms with Crippen molar-refractivity contribution < 1.29 is 33.6 Å². The highest BCUT2D eigenvalue weighted by Gasteiger charge is 2.49. The zero-order valence-corrected chi connectivity index (χ0v) is 25.0. The third-order valence-corrected chi connectivity index (χ3v) is 7.76. The van der Waals surface area contributed by atoms with Crippen LogP contribution < -0.4 is 24.6 Å². The van der Waals surface area contributed by atoms with Crippen LogP contribution in [-0.4, -0.2) is 67.6 Å². The van der Waals surface area contributed by atoms with Crippen molar-refractivity contribution in [1.82, 2.24) is 10.3 Å². The normalized spacial score (nSPS) is 19.7. The number of hydrazine groups is 1. The van der Waals surface area contributed by atoms with Crippen molar-refractivity contribution in [2.24, 2.45) is 5.92 Å². The molecule has 1 amide bonds. The average Bonchev–Trinajstić information content (AvgIpc) is 3.61. The second-order valence-corrected chi connectivity index (χ2v) is 11.7. The lowest BCUT2D eigenvalue weighted by molar-refractivity contribution is -0.143. The molecule has 2 aliphatic heterocycles. The number of nitrogens with zero attached hydrogens (tertiary/aromatic N) is 2. The SMILES string of the molecule is COCCOc1ccc([C@H]2[C@H](C(=O)O)[C@@H](c3cccc4c3OCO4)CN2CC(=O)NN(c2ccccc2)C(C)(C)C)cc1. The van der Waals surface area contributed by atoms with Crippen molar-refractivity contribution in [3.05, 3.63) is 83.9 Å². The Morgan fingerprint density at radius 2 is 1.74 bits per heavy atom. The largest absolute Gasteiger partial charge is 0.491 e. The minimum atomic E-state index is -0.949. The highest BCUT2D eigenvalue weighted by molar-refractivity contribution is 5.81. The molecule has 3 atom stereocenters. The number of likely N-dealkylation sites (tertiary alicyclic amines) is 1. The maximum atomic E-state index is 13.7. The molecule has 0 saturated carbocycles. The number of methoxy groups -OCH3 is 1. The van der Waals surface area contributed by atoms with Gasteiger partial charge in [0.15, 0.2) is 11.5 Å². The number of carbonyl (C=O) groups is 2. The maximum Gasteiger partial charge on any atom is 0.309 e. The van der Waals surface area contributed by atoms with Crippen molar-refractivity contribution in [3.8, 4) is 17.2 Å². The van der Waals surface area contributed by atoms with Crippen molar-refractivity contribution >= 4 is 17.6 Å². The molecule has 0 aromatic heterocycles. The first kappa shape index (κ1) is 30.2. The summed E-state index contributed by atoms with van der Waals surface area (Å²) in [7, 11) is 1.61. The monoisotopic (exact) mass is 589 g/mol. The number of carboxylic acid groups (broad SMARTS) is 1. The number of carbonyl (C=O) groups excluding carboxylic acids is 1. The Morgan fingerprint density at radius 1 is 1.00 bits per heavy atom. The number of amides is 1. The fourth-order valence-corrected chi connectivity index (χ4v) is 5.90. The summed E-state index contributed by atoms with van der Waals surface area (Å²) in [5, 5.41) is 12.5. The van der Waals surface area contributed by atoms with E-state index in [0.717, 1.165) is 16.8 Å². The standard InChI is InChI=1S/C33H39N3O7/c1-33(2,3)36(23-9-6-5-7-10-23)34-28(37)20-35-19-26(25-11-8-12-27-31(25)43-21-42-27)29(32(38)39)30(35)22-13-15-24(16-14-22)41-18-17-40-4/h5-16,26,29-30H,17-21H2,1-4H3,(H,34,37)(H,38,39)/t26-,29-,30+/m1/s1. The second kappa shape index (κ2) is 12.9. The van der Waals surface area contributed by atoms with E-state index < -0.39 is 29.4 Å². The Labute approximate surface area is 252 Å². The third kappa shape index (κ3) is 6.71. The van der Waals surface area contributed by atoms with E-state index in [2.05, 4.69) is 5.43 Å². The van der Waals surface area contributed by atoms with Gasteiger partial charge in [0.05, 0.1) is 30.3 Å². The molecule has 3 aromatic rings. The lowest BCUT2D eigenvalue weighted by Crippen LogP contribution is -2.55. The lowest BCUT2D eigenvalue weighted by Gasteiger charge is -2.38. The van der Waals surface area contributed by atoms with Gasteiger partial charge in [-0.05, 0) is 56.7 Å². The molecule has 0 bridgehead atoms. The zero-order chi connectivity index (χ0) is 30.6. The van der Waals surface area contributed by atoms with Crippen LogP contribution in [0.25, 0.3) is 0 Å². The van der Waals surface area contributed by atoms with Crippen LogP contribution >= 0.6 is 0 Å². The maximum absolute atomic E-state index is 13.7. The van der Waals surface area contributed by atoms with Crippen LogP contribution in [0, 0.1) is 5.92 Å². The first-order valence-electron chi connectivity index (χ1n) is 14.4. The Bertz CT molecular complexity index is 1410. The minimum absolute atomic E-state index is 0.0111. The van der Waals surface area contributed by atoms with Gasteiger partial charge in [0.1, 0.15) is 12.4 Å². The van der Waals surface area contributed by atoms with E-state index in [1.807, 2.05) is 103 Å². The van der Waals surface area contributed by atoms with Gasteiger partial charge in [-0.1, -0.05) is 42.5 Å². The van der Waals surface area contributed by atoms with Gasteiger partial charge >= 0.3 is 5.97 Å². The van der Waals surface area contributed by atoms with Gasteiger partial charge in [-0.15, -0.1) is 0 Å². The number of aliphatic carboxylic acids is 1. The van der Waals surface area contributed by atoms with Crippen LogP contribution in [0.5, 0.6) is 17.2 Å². The first-order valence-corrected chi connectivity index (χ1v) is 14.4. The number of rotatable bonds is 11. The summed E-state index contributed by atoms with van der Waals surface area (Å²) in [6, 6.07) is 22.0. The molecule has 1 saturated heterocycles. The predicted octanol–water partition coefficient (Wildman–Crippen LogP) is 4.62. The Morgan fingerprint density at radius 3 is 2.42 bits per heavy atom. The number of ether oxygens (including phenoxy) is 4. The first-order chi connectivity index (χ1) is 20.7. The van der Waals surface area contributed by atoms with E-state index in [1.165, 1.54) is 0 Å². The predicted molar refractivity (Wildman–Crippen MR) is 161 cm³/mol. The summed E-state index contributed by atoms with van der Waals surface area (Å²) in [6.07, 6.45) is 0. The summed E-state index contributed by atoms with van der Waals surface area (Å²) in [5.41, 5.74) is 5.06. The highest BCUT2D eigenvalue weighted by atomic mass is 16.7. The molecule has 43 heavy (non-hydrogen) atoms. The van der Waals surface area contributed by atoms with E-state index in [1.54, 1.807) is 7.11 Å².